The highest BCUT2D eigenvalue weighted by atomic mass is 79.9. The van der Waals surface area contributed by atoms with Crippen LogP contribution in [0.5, 0.6) is 5.75 Å². The highest BCUT2D eigenvalue weighted by molar-refractivity contribution is 9.10. The van der Waals surface area contributed by atoms with E-state index < -0.39 is 0 Å². The van der Waals surface area contributed by atoms with Gasteiger partial charge in [0.15, 0.2) is 0 Å². The SMILES string of the molecule is COc1ccc(Br)cc1N(C)C(=O)S. The summed E-state index contributed by atoms with van der Waals surface area (Å²) in [5.41, 5.74) is 0.682. The number of amides is 1. The fourth-order valence-electron chi connectivity index (χ4n) is 1.03. The van der Waals surface area contributed by atoms with Crippen LogP contribution < -0.4 is 9.64 Å². The van der Waals surface area contributed by atoms with Crippen LogP contribution in [0.25, 0.3) is 0 Å². The standard InChI is InChI=1S/C9H10BrNO2S/c1-11(9(12)14)7-5-6(10)3-4-8(7)13-2/h3-5H,1-2H3,(H,12,14). The van der Waals surface area contributed by atoms with Gasteiger partial charge in [0.25, 0.3) is 5.24 Å². The number of nitrogens with zero attached hydrogens (tertiary/aromatic N) is 1. The first-order chi connectivity index (χ1) is 6.56. The number of methoxy groups -OCH3 is 1. The highest BCUT2D eigenvalue weighted by Crippen LogP contribution is 2.31. The van der Waals surface area contributed by atoms with Crippen LogP contribution >= 0.6 is 28.6 Å². The number of carbonyl (C=O) groups is 1. The van der Waals surface area contributed by atoms with E-state index in [0.717, 1.165) is 4.47 Å². The van der Waals surface area contributed by atoms with Crippen LogP contribution in [0.4, 0.5) is 10.5 Å². The lowest BCUT2D eigenvalue weighted by Gasteiger charge is -2.17. The first-order valence-corrected chi connectivity index (χ1v) is 5.10. The molecule has 0 bridgehead atoms. The zero-order valence-electron chi connectivity index (χ0n) is 7.82. The molecule has 0 saturated carbocycles. The van der Waals surface area contributed by atoms with Crippen LogP contribution in [-0.4, -0.2) is 19.4 Å². The lowest BCUT2D eigenvalue weighted by molar-refractivity contribution is 0.266. The molecule has 0 atom stereocenters. The largest absolute Gasteiger partial charge is 0.495 e. The Labute approximate surface area is 96.6 Å². The minimum Gasteiger partial charge on any atom is -0.495 e. The maximum absolute atomic E-state index is 11.0. The average molecular weight is 276 g/mol. The Kier molecular flexibility index (Phi) is 3.83. The Morgan fingerprint density at radius 2 is 2.21 bits per heavy atom. The molecule has 0 fully saturated rings. The molecule has 14 heavy (non-hydrogen) atoms. The molecule has 1 aromatic rings. The second kappa shape index (κ2) is 4.70. The van der Waals surface area contributed by atoms with Crippen molar-refractivity contribution >= 4 is 39.5 Å². The summed E-state index contributed by atoms with van der Waals surface area (Å²) >= 11 is 7.07. The van der Waals surface area contributed by atoms with Crippen molar-refractivity contribution in [2.45, 2.75) is 0 Å². The van der Waals surface area contributed by atoms with Gasteiger partial charge in [-0.25, -0.2) is 0 Å². The van der Waals surface area contributed by atoms with E-state index >= 15 is 0 Å². The molecule has 1 rings (SSSR count). The van der Waals surface area contributed by atoms with Crippen LogP contribution in [0.1, 0.15) is 0 Å². The number of rotatable bonds is 2. The summed E-state index contributed by atoms with van der Waals surface area (Å²) in [5.74, 6) is 0.637. The van der Waals surface area contributed by atoms with Gasteiger partial charge in [0.2, 0.25) is 0 Å². The van der Waals surface area contributed by atoms with Crippen molar-refractivity contribution in [2.24, 2.45) is 0 Å². The van der Waals surface area contributed by atoms with Crippen LogP contribution in [0, 0.1) is 0 Å². The lowest BCUT2D eigenvalue weighted by atomic mass is 10.3. The Hall–Kier alpha value is -0.680. The Balaban J connectivity index is 3.16. The van der Waals surface area contributed by atoms with Gasteiger partial charge < -0.3 is 9.64 Å². The average Bonchev–Trinajstić information content (AvgIpc) is 2.16. The molecule has 0 unspecified atom stereocenters. The molecule has 1 amide bonds. The minimum absolute atomic E-state index is 0.332. The zero-order chi connectivity index (χ0) is 10.7. The third-order valence-corrected chi connectivity index (χ3v) is 2.58. The van der Waals surface area contributed by atoms with Crippen molar-refractivity contribution < 1.29 is 9.53 Å². The van der Waals surface area contributed by atoms with Crippen molar-refractivity contribution in [1.82, 2.24) is 0 Å². The Bertz CT molecular complexity index is 357. The number of hydrogen-bond donors (Lipinski definition) is 1. The zero-order valence-corrected chi connectivity index (χ0v) is 10.3. The number of anilines is 1. The van der Waals surface area contributed by atoms with E-state index in [2.05, 4.69) is 28.6 Å². The number of halogens is 1. The third-order valence-electron chi connectivity index (χ3n) is 1.79. The molecule has 76 valence electrons. The summed E-state index contributed by atoms with van der Waals surface area (Å²) in [6, 6.07) is 5.43. The van der Waals surface area contributed by atoms with Crippen molar-refractivity contribution in [3.8, 4) is 5.75 Å². The lowest BCUT2D eigenvalue weighted by Crippen LogP contribution is -2.20. The molecule has 0 aliphatic carbocycles. The second-order valence-electron chi connectivity index (χ2n) is 2.66. The first-order valence-electron chi connectivity index (χ1n) is 3.86. The molecule has 0 aliphatic rings. The number of hydrogen-bond acceptors (Lipinski definition) is 2. The molecular formula is C9H10BrNO2S. The molecule has 5 heteroatoms. The van der Waals surface area contributed by atoms with Gasteiger partial charge in [0, 0.05) is 11.5 Å². The smallest absolute Gasteiger partial charge is 0.282 e. The van der Waals surface area contributed by atoms with Gasteiger partial charge in [-0.05, 0) is 18.2 Å². The summed E-state index contributed by atoms with van der Waals surface area (Å²) in [6.07, 6.45) is 0. The van der Waals surface area contributed by atoms with Crippen LogP contribution in [0.2, 0.25) is 0 Å². The third kappa shape index (κ3) is 2.42. The topological polar surface area (TPSA) is 29.5 Å². The molecule has 0 N–H and O–H groups in total. The molecule has 1 aromatic carbocycles. The molecule has 0 saturated heterocycles. The number of ether oxygens (including phenoxy) is 1. The van der Waals surface area contributed by atoms with Gasteiger partial charge in [0.05, 0.1) is 12.8 Å². The molecule has 0 aliphatic heterocycles. The maximum atomic E-state index is 11.0. The van der Waals surface area contributed by atoms with Gasteiger partial charge in [-0.2, -0.15) is 0 Å². The van der Waals surface area contributed by atoms with Crippen LogP contribution in [-0.2, 0) is 0 Å². The minimum atomic E-state index is -0.332. The number of carbonyl (C=O) groups excluding carboxylic acids is 1. The summed E-state index contributed by atoms with van der Waals surface area (Å²) in [6.45, 7) is 0. The van der Waals surface area contributed by atoms with Gasteiger partial charge in [0.1, 0.15) is 5.75 Å². The van der Waals surface area contributed by atoms with Crippen molar-refractivity contribution in [2.75, 3.05) is 19.1 Å². The van der Waals surface area contributed by atoms with Gasteiger partial charge in [-0.1, -0.05) is 28.6 Å². The molecule has 0 radical (unpaired) electrons. The number of benzene rings is 1. The second-order valence-corrected chi connectivity index (χ2v) is 3.96. The van der Waals surface area contributed by atoms with E-state index in [1.54, 1.807) is 26.3 Å². The summed E-state index contributed by atoms with van der Waals surface area (Å²) < 4.78 is 6.01. The maximum Gasteiger partial charge on any atom is 0.282 e. The van der Waals surface area contributed by atoms with Crippen LogP contribution in [0.3, 0.4) is 0 Å². The van der Waals surface area contributed by atoms with E-state index in [1.807, 2.05) is 6.07 Å². The molecule has 0 spiro atoms. The van der Waals surface area contributed by atoms with E-state index in [4.69, 9.17) is 4.74 Å². The van der Waals surface area contributed by atoms with Gasteiger partial charge in [-0.15, -0.1) is 0 Å². The Morgan fingerprint density at radius 1 is 1.57 bits per heavy atom. The molecule has 0 aromatic heterocycles. The van der Waals surface area contributed by atoms with Gasteiger partial charge >= 0.3 is 0 Å². The summed E-state index contributed by atoms with van der Waals surface area (Å²) in [4.78, 5) is 12.5. The fraction of sp³-hybridized carbons (Fsp3) is 0.222. The van der Waals surface area contributed by atoms with Crippen LogP contribution in [0.15, 0.2) is 22.7 Å². The monoisotopic (exact) mass is 275 g/mol. The van der Waals surface area contributed by atoms with E-state index in [1.165, 1.54) is 4.90 Å². The van der Waals surface area contributed by atoms with Gasteiger partial charge in [-0.3, -0.25) is 4.79 Å². The quantitative estimate of drug-likeness (QED) is 0.841. The predicted molar refractivity (Wildman–Crippen MR) is 63.5 cm³/mol. The van der Waals surface area contributed by atoms with E-state index in [9.17, 15) is 4.79 Å². The first kappa shape index (κ1) is 11.4. The number of thiol groups is 1. The van der Waals surface area contributed by atoms with Crippen molar-refractivity contribution in [1.29, 1.82) is 0 Å². The van der Waals surface area contributed by atoms with E-state index in [0.29, 0.717) is 11.4 Å². The van der Waals surface area contributed by atoms with Crippen molar-refractivity contribution in [3.05, 3.63) is 22.7 Å². The normalized spacial score (nSPS) is 9.71. The molecule has 0 heterocycles. The highest BCUT2D eigenvalue weighted by Gasteiger charge is 2.12. The Morgan fingerprint density at radius 3 is 2.71 bits per heavy atom. The fourth-order valence-corrected chi connectivity index (χ4v) is 1.49. The van der Waals surface area contributed by atoms with E-state index in [-0.39, 0.29) is 5.24 Å². The molecule has 3 nitrogen and oxygen atoms in total. The summed E-state index contributed by atoms with van der Waals surface area (Å²) in [7, 11) is 3.20. The summed E-state index contributed by atoms with van der Waals surface area (Å²) in [5, 5.41) is -0.332. The predicted octanol–water partition coefficient (Wildman–Crippen LogP) is 2.94. The molecular weight excluding hydrogens is 266 g/mol. The van der Waals surface area contributed by atoms with Crippen molar-refractivity contribution in [3.63, 3.8) is 0 Å².